The molecule has 1 N–H and O–H groups in total. The Morgan fingerprint density at radius 2 is 1.95 bits per heavy atom. The second-order valence-electron chi connectivity index (χ2n) is 6.15. The third-order valence-corrected chi connectivity index (χ3v) is 4.65. The molecule has 0 radical (unpaired) electrons. The van der Waals surface area contributed by atoms with E-state index in [0.29, 0.717) is 11.8 Å². The molecule has 1 atom stereocenters. The molecule has 0 aliphatic heterocycles. The van der Waals surface area contributed by atoms with Crippen molar-refractivity contribution in [1.82, 2.24) is 0 Å². The van der Waals surface area contributed by atoms with Crippen LogP contribution in [0.3, 0.4) is 0 Å². The number of anilines is 1. The summed E-state index contributed by atoms with van der Waals surface area (Å²) >= 11 is 0. The van der Waals surface area contributed by atoms with Gasteiger partial charge < -0.3 is 10.0 Å². The van der Waals surface area contributed by atoms with Gasteiger partial charge in [0.25, 0.3) is 0 Å². The third kappa shape index (κ3) is 2.51. The van der Waals surface area contributed by atoms with Crippen LogP contribution in [0.4, 0.5) is 5.69 Å². The van der Waals surface area contributed by atoms with Crippen molar-refractivity contribution in [2.45, 2.75) is 39.2 Å². The zero-order valence-electron chi connectivity index (χ0n) is 13.1. The van der Waals surface area contributed by atoms with Gasteiger partial charge in [0.05, 0.1) is 6.04 Å². The average molecular weight is 281 g/mol. The molecule has 0 heterocycles. The maximum absolute atomic E-state index is 10.1. The molecule has 1 unspecified atom stereocenters. The molecule has 2 heteroatoms. The number of fused-ring (bicyclic) bond motifs is 1. The summed E-state index contributed by atoms with van der Waals surface area (Å²) in [6.45, 7) is 4.30. The normalized spacial score (nSPS) is 17.4. The lowest BCUT2D eigenvalue weighted by Crippen LogP contribution is -2.28. The minimum absolute atomic E-state index is 0.349. The zero-order valence-corrected chi connectivity index (χ0v) is 13.1. The highest BCUT2D eigenvalue weighted by molar-refractivity contribution is 5.57. The van der Waals surface area contributed by atoms with Crippen molar-refractivity contribution in [1.29, 1.82) is 0 Å². The smallest absolute Gasteiger partial charge is 0.119 e. The Morgan fingerprint density at radius 1 is 1.14 bits per heavy atom. The van der Waals surface area contributed by atoms with Gasteiger partial charge in [-0.2, -0.15) is 0 Å². The summed E-state index contributed by atoms with van der Waals surface area (Å²) in [6, 6.07) is 12.9. The van der Waals surface area contributed by atoms with E-state index >= 15 is 0 Å². The lowest BCUT2D eigenvalue weighted by Gasteiger charge is -2.36. The molecule has 2 aromatic rings. The van der Waals surface area contributed by atoms with E-state index in [2.05, 4.69) is 50.1 Å². The van der Waals surface area contributed by atoms with Crippen LogP contribution in [0.2, 0.25) is 0 Å². The molecule has 0 saturated heterocycles. The number of rotatable bonds is 2. The van der Waals surface area contributed by atoms with Crippen molar-refractivity contribution in [3.63, 3.8) is 0 Å². The molecule has 2 aromatic carbocycles. The Labute approximate surface area is 127 Å². The summed E-state index contributed by atoms with van der Waals surface area (Å²) in [5, 5.41) is 10.1. The van der Waals surface area contributed by atoms with Gasteiger partial charge in [0.2, 0.25) is 0 Å². The van der Waals surface area contributed by atoms with Crippen LogP contribution in [0.5, 0.6) is 5.75 Å². The minimum Gasteiger partial charge on any atom is -0.508 e. The highest BCUT2D eigenvalue weighted by Gasteiger charge is 2.26. The number of hydrogen-bond acceptors (Lipinski definition) is 2. The third-order valence-electron chi connectivity index (χ3n) is 4.65. The van der Waals surface area contributed by atoms with Crippen molar-refractivity contribution in [2.24, 2.45) is 0 Å². The topological polar surface area (TPSA) is 23.5 Å². The highest BCUT2D eigenvalue weighted by atomic mass is 16.3. The second kappa shape index (κ2) is 5.44. The molecule has 0 saturated carbocycles. The van der Waals surface area contributed by atoms with Gasteiger partial charge in [-0.15, -0.1) is 0 Å². The molecule has 110 valence electrons. The molecular weight excluding hydrogens is 258 g/mol. The molecule has 0 bridgehead atoms. The number of phenols is 1. The molecule has 1 aliphatic carbocycles. The molecule has 0 fully saturated rings. The first kappa shape index (κ1) is 14.0. The minimum atomic E-state index is 0.349. The number of nitrogens with zero attached hydrogens (tertiary/aromatic N) is 1. The predicted octanol–water partition coefficient (Wildman–Crippen LogP) is 4.52. The average Bonchev–Trinajstić information content (AvgIpc) is 2.46. The van der Waals surface area contributed by atoms with Crippen molar-refractivity contribution >= 4 is 5.69 Å². The summed E-state index contributed by atoms with van der Waals surface area (Å²) in [5.41, 5.74) is 6.30. The lowest BCUT2D eigenvalue weighted by molar-refractivity contribution is 0.452. The van der Waals surface area contributed by atoms with Crippen molar-refractivity contribution in [3.8, 4) is 5.75 Å². The monoisotopic (exact) mass is 281 g/mol. The number of hydrogen-bond donors (Lipinski definition) is 1. The maximum atomic E-state index is 10.1. The molecule has 1 aliphatic rings. The van der Waals surface area contributed by atoms with Gasteiger partial charge in [0.15, 0.2) is 0 Å². The van der Waals surface area contributed by atoms with Gasteiger partial charge in [0.1, 0.15) is 5.75 Å². The Kier molecular flexibility index (Phi) is 3.62. The van der Waals surface area contributed by atoms with Crippen LogP contribution in [0, 0.1) is 13.8 Å². The fraction of sp³-hybridized carbons (Fsp3) is 0.368. The van der Waals surface area contributed by atoms with Gasteiger partial charge >= 0.3 is 0 Å². The van der Waals surface area contributed by atoms with Gasteiger partial charge in [-0.1, -0.05) is 29.8 Å². The highest BCUT2D eigenvalue weighted by Crippen LogP contribution is 2.40. The molecule has 0 spiro atoms. The molecule has 0 amide bonds. The molecule has 3 rings (SSSR count). The molecular formula is C19H23NO. The second-order valence-corrected chi connectivity index (χ2v) is 6.15. The number of aromatic hydroxyl groups is 1. The van der Waals surface area contributed by atoms with E-state index in [9.17, 15) is 5.11 Å². The Hall–Kier alpha value is -1.96. The fourth-order valence-corrected chi connectivity index (χ4v) is 3.58. The van der Waals surface area contributed by atoms with Crippen molar-refractivity contribution in [3.05, 3.63) is 58.7 Å². The number of aryl methyl sites for hydroxylation is 2. The van der Waals surface area contributed by atoms with Gasteiger partial charge in [-0.25, -0.2) is 0 Å². The van der Waals surface area contributed by atoms with Crippen LogP contribution in [-0.4, -0.2) is 12.2 Å². The summed E-state index contributed by atoms with van der Waals surface area (Å²) < 4.78 is 0. The first-order chi connectivity index (χ1) is 10.1. The first-order valence-electron chi connectivity index (χ1n) is 7.69. The van der Waals surface area contributed by atoms with E-state index in [1.165, 1.54) is 22.4 Å². The fourth-order valence-electron chi connectivity index (χ4n) is 3.58. The van der Waals surface area contributed by atoms with E-state index in [1.807, 2.05) is 6.07 Å². The summed E-state index contributed by atoms with van der Waals surface area (Å²) in [4.78, 5) is 2.37. The number of benzene rings is 2. The standard InChI is InChI=1S/C19H23NO/c1-13-10-11-17(14(2)12-13)20(3)18-8-4-7-16-15(18)6-5-9-19(16)21/h5-6,9-12,18,21H,4,7-8H2,1-3H3. The lowest BCUT2D eigenvalue weighted by atomic mass is 9.86. The van der Waals surface area contributed by atoms with Crippen LogP contribution < -0.4 is 4.90 Å². The van der Waals surface area contributed by atoms with Crippen LogP contribution in [0.25, 0.3) is 0 Å². The first-order valence-corrected chi connectivity index (χ1v) is 7.69. The molecule has 21 heavy (non-hydrogen) atoms. The molecule has 0 aromatic heterocycles. The summed E-state index contributed by atoms with van der Waals surface area (Å²) in [5.74, 6) is 0.450. The van der Waals surface area contributed by atoms with E-state index in [1.54, 1.807) is 6.07 Å². The predicted molar refractivity (Wildman–Crippen MR) is 88.1 cm³/mol. The Balaban J connectivity index is 2.00. The van der Waals surface area contributed by atoms with Crippen LogP contribution in [0.15, 0.2) is 36.4 Å². The van der Waals surface area contributed by atoms with Gasteiger partial charge in [-0.3, -0.25) is 0 Å². The largest absolute Gasteiger partial charge is 0.508 e. The summed E-state index contributed by atoms with van der Waals surface area (Å²) in [7, 11) is 2.17. The maximum Gasteiger partial charge on any atom is 0.119 e. The van der Waals surface area contributed by atoms with Crippen LogP contribution in [-0.2, 0) is 6.42 Å². The Morgan fingerprint density at radius 3 is 2.71 bits per heavy atom. The van der Waals surface area contributed by atoms with E-state index in [4.69, 9.17) is 0 Å². The van der Waals surface area contributed by atoms with Gasteiger partial charge in [0, 0.05) is 12.7 Å². The summed E-state index contributed by atoms with van der Waals surface area (Å²) in [6.07, 6.45) is 3.25. The van der Waals surface area contributed by atoms with Crippen molar-refractivity contribution < 1.29 is 5.11 Å². The van der Waals surface area contributed by atoms with E-state index in [-0.39, 0.29) is 0 Å². The van der Waals surface area contributed by atoms with Gasteiger partial charge in [-0.05, 0) is 61.9 Å². The van der Waals surface area contributed by atoms with Crippen LogP contribution >= 0.6 is 0 Å². The quantitative estimate of drug-likeness (QED) is 0.874. The van der Waals surface area contributed by atoms with Crippen LogP contribution in [0.1, 0.15) is 41.1 Å². The number of phenolic OH excluding ortho intramolecular Hbond substituents is 1. The SMILES string of the molecule is Cc1ccc(N(C)C2CCCc3c(O)cccc32)c(C)c1. The molecule has 2 nitrogen and oxygen atoms in total. The van der Waals surface area contributed by atoms with E-state index in [0.717, 1.165) is 24.8 Å². The van der Waals surface area contributed by atoms with E-state index < -0.39 is 0 Å². The zero-order chi connectivity index (χ0) is 15.0. The Bertz CT molecular complexity index is 663. The van der Waals surface area contributed by atoms with Crippen molar-refractivity contribution in [2.75, 3.05) is 11.9 Å².